The van der Waals surface area contributed by atoms with Crippen molar-refractivity contribution in [2.45, 2.75) is 57.0 Å². The molecule has 0 radical (unpaired) electrons. The zero-order valence-corrected chi connectivity index (χ0v) is 17.0. The van der Waals surface area contributed by atoms with Crippen LogP contribution in [0.4, 0.5) is 4.79 Å². The number of allylic oxidation sites excluding steroid dienone is 2. The fourth-order valence-corrected chi connectivity index (χ4v) is 4.43. The number of rotatable bonds is 5. The summed E-state index contributed by atoms with van der Waals surface area (Å²) < 4.78 is 10.7. The van der Waals surface area contributed by atoms with Gasteiger partial charge in [-0.3, -0.25) is 14.5 Å². The summed E-state index contributed by atoms with van der Waals surface area (Å²) in [4.78, 5) is 41.9. The Labute approximate surface area is 174 Å². The molecule has 8 heteroatoms. The molecular formula is C22H25N3O5. The number of amides is 4. The third-order valence-corrected chi connectivity index (χ3v) is 6.28. The van der Waals surface area contributed by atoms with Crippen LogP contribution in [0.3, 0.4) is 0 Å². The standard InChI is InChI=1S/C22H25N3O5/c1-22(14-7-10-17-18(11-14)30-13-29-17)20(27)24(21(28)23-22)12-19(26)25(16-8-9-16)15-5-3-2-4-6-15/h5,7,10-11,16H,2-4,6,8-9,12-13H2,1H3,(H,23,28)/t22-/m0/s1. The Hall–Kier alpha value is -3.03. The van der Waals surface area contributed by atoms with Gasteiger partial charge < -0.3 is 19.7 Å². The number of benzene rings is 1. The predicted octanol–water partition coefficient (Wildman–Crippen LogP) is 2.63. The summed E-state index contributed by atoms with van der Waals surface area (Å²) in [5, 5.41) is 2.76. The van der Waals surface area contributed by atoms with Crippen molar-refractivity contribution < 1.29 is 23.9 Å². The maximum Gasteiger partial charge on any atom is 0.325 e. The number of hydrogen-bond acceptors (Lipinski definition) is 5. The number of fused-ring (bicyclic) bond motifs is 1. The van der Waals surface area contributed by atoms with Crippen LogP contribution in [0, 0.1) is 0 Å². The van der Waals surface area contributed by atoms with Crippen LogP contribution in [0.15, 0.2) is 30.0 Å². The van der Waals surface area contributed by atoms with Gasteiger partial charge in [-0.2, -0.15) is 0 Å². The molecule has 1 aromatic carbocycles. The lowest BCUT2D eigenvalue weighted by Gasteiger charge is -2.29. The zero-order valence-electron chi connectivity index (χ0n) is 17.0. The van der Waals surface area contributed by atoms with Crippen LogP contribution in [-0.4, -0.2) is 47.0 Å². The van der Waals surface area contributed by atoms with Gasteiger partial charge in [0.25, 0.3) is 5.91 Å². The Balaban J connectivity index is 1.36. The van der Waals surface area contributed by atoms with Crippen molar-refractivity contribution in [1.29, 1.82) is 0 Å². The minimum Gasteiger partial charge on any atom is -0.454 e. The van der Waals surface area contributed by atoms with Crippen molar-refractivity contribution in [3.63, 3.8) is 0 Å². The van der Waals surface area contributed by atoms with Gasteiger partial charge in [0.05, 0.1) is 0 Å². The first-order chi connectivity index (χ1) is 14.5. The molecule has 5 rings (SSSR count). The van der Waals surface area contributed by atoms with Gasteiger partial charge in [0.15, 0.2) is 11.5 Å². The van der Waals surface area contributed by atoms with Crippen LogP contribution >= 0.6 is 0 Å². The fraction of sp³-hybridized carbons (Fsp3) is 0.500. The molecule has 4 aliphatic rings. The number of ether oxygens (including phenoxy) is 2. The van der Waals surface area contributed by atoms with E-state index in [0.717, 1.165) is 49.1 Å². The Morgan fingerprint density at radius 2 is 2.03 bits per heavy atom. The Morgan fingerprint density at radius 1 is 1.23 bits per heavy atom. The van der Waals surface area contributed by atoms with E-state index in [1.165, 1.54) is 0 Å². The first kappa shape index (κ1) is 19.0. The van der Waals surface area contributed by atoms with E-state index in [4.69, 9.17) is 9.47 Å². The maximum atomic E-state index is 13.2. The monoisotopic (exact) mass is 411 g/mol. The molecule has 0 bridgehead atoms. The van der Waals surface area contributed by atoms with Crippen molar-refractivity contribution in [3.05, 3.63) is 35.5 Å². The molecule has 2 heterocycles. The van der Waals surface area contributed by atoms with E-state index in [-0.39, 0.29) is 25.3 Å². The quantitative estimate of drug-likeness (QED) is 0.753. The summed E-state index contributed by atoms with van der Waals surface area (Å²) >= 11 is 0. The molecule has 1 atom stereocenters. The highest BCUT2D eigenvalue weighted by Crippen LogP contribution is 2.38. The van der Waals surface area contributed by atoms with Crippen LogP contribution in [-0.2, 0) is 15.1 Å². The highest BCUT2D eigenvalue weighted by Gasteiger charge is 2.50. The molecular weight excluding hydrogens is 386 g/mol. The van der Waals surface area contributed by atoms with Gasteiger partial charge in [-0.15, -0.1) is 0 Å². The van der Waals surface area contributed by atoms with Gasteiger partial charge >= 0.3 is 6.03 Å². The lowest BCUT2D eigenvalue weighted by Crippen LogP contribution is -2.45. The van der Waals surface area contributed by atoms with Crippen molar-refractivity contribution in [2.24, 2.45) is 0 Å². The first-order valence-corrected chi connectivity index (χ1v) is 10.5. The number of carbonyl (C=O) groups is 3. The summed E-state index contributed by atoms with van der Waals surface area (Å²) in [5.74, 6) is 0.513. The second kappa shape index (κ2) is 7.04. The number of nitrogens with zero attached hydrogens (tertiary/aromatic N) is 2. The van der Waals surface area contributed by atoms with E-state index in [2.05, 4.69) is 11.4 Å². The van der Waals surface area contributed by atoms with Gasteiger partial charge in [0.1, 0.15) is 12.1 Å². The highest BCUT2D eigenvalue weighted by atomic mass is 16.7. The molecule has 0 unspecified atom stereocenters. The van der Waals surface area contributed by atoms with Crippen LogP contribution in [0.25, 0.3) is 0 Å². The summed E-state index contributed by atoms with van der Waals surface area (Å²) in [6.45, 7) is 1.53. The molecule has 1 saturated carbocycles. The highest BCUT2D eigenvalue weighted by molar-refractivity contribution is 6.09. The average molecular weight is 411 g/mol. The summed E-state index contributed by atoms with van der Waals surface area (Å²) in [7, 11) is 0. The van der Waals surface area contributed by atoms with Crippen LogP contribution < -0.4 is 14.8 Å². The fourth-order valence-electron chi connectivity index (χ4n) is 4.43. The van der Waals surface area contributed by atoms with Crippen LogP contribution in [0.2, 0.25) is 0 Å². The number of imide groups is 1. The largest absolute Gasteiger partial charge is 0.454 e. The molecule has 0 spiro atoms. The van der Waals surface area contributed by atoms with Gasteiger partial charge in [-0.05, 0) is 63.1 Å². The molecule has 2 aliphatic carbocycles. The van der Waals surface area contributed by atoms with Crippen molar-refractivity contribution >= 4 is 17.8 Å². The molecule has 2 fully saturated rings. The zero-order chi connectivity index (χ0) is 20.9. The molecule has 0 aromatic heterocycles. The number of hydrogen-bond donors (Lipinski definition) is 1. The second-order valence-corrected chi connectivity index (χ2v) is 8.45. The van der Waals surface area contributed by atoms with E-state index >= 15 is 0 Å². The van der Waals surface area contributed by atoms with E-state index < -0.39 is 17.5 Å². The second-order valence-electron chi connectivity index (χ2n) is 8.45. The summed E-state index contributed by atoms with van der Waals surface area (Å²) in [6.07, 6.45) is 8.11. The van der Waals surface area contributed by atoms with Gasteiger partial charge in [0, 0.05) is 11.7 Å². The first-order valence-electron chi connectivity index (χ1n) is 10.5. The van der Waals surface area contributed by atoms with E-state index in [1.807, 2.05) is 4.90 Å². The number of nitrogens with one attached hydrogen (secondary N) is 1. The van der Waals surface area contributed by atoms with E-state index in [0.29, 0.717) is 17.1 Å². The van der Waals surface area contributed by atoms with Gasteiger partial charge in [0.2, 0.25) is 12.7 Å². The molecule has 158 valence electrons. The lowest BCUT2D eigenvalue weighted by molar-refractivity contribution is -0.138. The van der Waals surface area contributed by atoms with E-state index in [9.17, 15) is 14.4 Å². The maximum absolute atomic E-state index is 13.2. The molecule has 2 aliphatic heterocycles. The number of urea groups is 1. The normalized spacial score (nSPS) is 25.2. The SMILES string of the molecule is C[C@@]1(c2ccc3c(c2)OCO3)NC(=O)N(CC(=O)N(C2=CCCCC2)C2CC2)C1=O. The third kappa shape index (κ3) is 3.11. The molecule has 1 N–H and O–H groups in total. The lowest BCUT2D eigenvalue weighted by atomic mass is 9.91. The van der Waals surface area contributed by atoms with Crippen molar-refractivity contribution in [1.82, 2.24) is 15.1 Å². The predicted molar refractivity (Wildman–Crippen MR) is 107 cm³/mol. The van der Waals surface area contributed by atoms with Crippen molar-refractivity contribution in [3.8, 4) is 11.5 Å². The summed E-state index contributed by atoms with van der Waals surface area (Å²) in [5.41, 5.74) is 0.376. The van der Waals surface area contributed by atoms with Crippen LogP contribution in [0.5, 0.6) is 11.5 Å². The number of carbonyl (C=O) groups excluding carboxylic acids is 3. The van der Waals surface area contributed by atoms with Crippen molar-refractivity contribution in [2.75, 3.05) is 13.3 Å². The molecule has 4 amide bonds. The average Bonchev–Trinajstić information content (AvgIpc) is 3.41. The molecule has 1 saturated heterocycles. The Kier molecular flexibility index (Phi) is 4.45. The van der Waals surface area contributed by atoms with Crippen LogP contribution in [0.1, 0.15) is 51.0 Å². The Morgan fingerprint density at radius 3 is 2.77 bits per heavy atom. The minimum atomic E-state index is -1.26. The topological polar surface area (TPSA) is 88.2 Å². The summed E-state index contributed by atoms with van der Waals surface area (Å²) in [6, 6.07) is 4.81. The Bertz CT molecular complexity index is 954. The molecule has 30 heavy (non-hydrogen) atoms. The molecule has 1 aromatic rings. The smallest absolute Gasteiger partial charge is 0.325 e. The minimum absolute atomic E-state index is 0.128. The van der Waals surface area contributed by atoms with E-state index in [1.54, 1.807) is 25.1 Å². The van der Waals surface area contributed by atoms with Gasteiger partial charge in [-0.25, -0.2) is 4.79 Å². The molecule has 8 nitrogen and oxygen atoms in total. The third-order valence-electron chi connectivity index (χ3n) is 6.28. The van der Waals surface area contributed by atoms with Gasteiger partial charge in [-0.1, -0.05) is 12.1 Å².